The molecule has 1 aliphatic rings. The average molecular weight is 169 g/mol. The first kappa shape index (κ1) is 6.96. The van der Waals surface area contributed by atoms with Gasteiger partial charge >= 0.3 is 0 Å². The molecule has 0 saturated heterocycles. The van der Waals surface area contributed by atoms with Crippen molar-refractivity contribution in [1.82, 2.24) is 4.57 Å². The molecule has 1 aromatic heterocycles. The molecule has 0 amide bonds. The van der Waals surface area contributed by atoms with Gasteiger partial charge in [0.05, 0.1) is 0 Å². The van der Waals surface area contributed by atoms with Crippen molar-refractivity contribution in [2.45, 2.75) is 12.8 Å². The van der Waals surface area contributed by atoms with Crippen LogP contribution in [0.1, 0.15) is 11.3 Å². The number of nitrogens with zero attached hydrogens (tertiary/aromatic N) is 1. The zero-order valence-electron chi connectivity index (χ0n) is 7.40. The summed E-state index contributed by atoms with van der Waals surface area (Å²) in [5.74, 6) is 0. The Morgan fingerprint density at radius 3 is 2.85 bits per heavy atom. The molecular weight excluding hydrogens is 158 g/mol. The van der Waals surface area contributed by atoms with E-state index in [0.717, 1.165) is 0 Å². The first-order chi connectivity index (χ1) is 6.45. The van der Waals surface area contributed by atoms with Gasteiger partial charge in [0.25, 0.3) is 0 Å². The quantitative estimate of drug-likeness (QED) is 0.571. The Bertz CT molecular complexity index is 440. The van der Waals surface area contributed by atoms with Gasteiger partial charge in [0, 0.05) is 17.6 Å². The highest BCUT2D eigenvalue weighted by atomic mass is 15.0. The van der Waals surface area contributed by atoms with Crippen LogP contribution >= 0.6 is 0 Å². The summed E-state index contributed by atoms with van der Waals surface area (Å²) in [5.41, 5.74) is 4.25. The van der Waals surface area contributed by atoms with Gasteiger partial charge in [-0.05, 0) is 36.6 Å². The predicted octanol–water partition coefficient (Wildman–Crippen LogP) is 2.58. The van der Waals surface area contributed by atoms with Crippen LogP contribution in [0.2, 0.25) is 0 Å². The molecule has 0 radical (unpaired) electrons. The summed E-state index contributed by atoms with van der Waals surface area (Å²) in [4.78, 5) is 0. The summed E-state index contributed by atoms with van der Waals surface area (Å²) in [6, 6.07) is 13.0. The Morgan fingerprint density at radius 2 is 1.85 bits per heavy atom. The normalized spacial score (nSPS) is 13.5. The molecule has 64 valence electrons. The van der Waals surface area contributed by atoms with Gasteiger partial charge < -0.3 is 4.57 Å². The third-order valence-corrected chi connectivity index (χ3v) is 2.73. The highest BCUT2D eigenvalue weighted by Crippen LogP contribution is 2.24. The largest absolute Gasteiger partial charge is 0.321 e. The Kier molecular flexibility index (Phi) is 1.33. The number of fused-ring (bicyclic) bond motifs is 3. The maximum absolute atomic E-state index is 2.29. The SMILES string of the molecule is c1ccc2c(c1)CCc1cccn1-2. The molecule has 1 nitrogen and oxygen atoms in total. The average Bonchev–Trinajstić information content (AvgIpc) is 2.65. The van der Waals surface area contributed by atoms with Crippen LogP contribution in [0.25, 0.3) is 5.69 Å². The lowest BCUT2D eigenvalue weighted by molar-refractivity contribution is 0.808. The molecule has 0 fully saturated rings. The topological polar surface area (TPSA) is 4.93 Å². The van der Waals surface area contributed by atoms with Crippen LogP contribution in [-0.2, 0) is 12.8 Å². The number of rotatable bonds is 0. The van der Waals surface area contributed by atoms with Crippen molar-refractivity contribution in [1.29, 1.82) is 0 Å². The first-order valence-corrected chi connectivity index (χ1v) is 4.70. The molecule has 0 N–H and O–H groups in total. The van der Waals surface area contributed by atoms with Crippen molar-refractivity contribution < 1.29 is 0 Å². The minimum atomic E-state index is 1.17. The zero-order valence-corrected chi connectivity index (χ0v) is 7.40. The van der Waals surface area contributed by atoms with Crippen molar-refractivity contribution >= 4 is 0 Å². The smallest absolute Gasteiger partial charge is 0.0484 e. The number of aryl methyl sites for hydroxylation is 2. The van der Waals surface area contributed by atoms with Crippen LogP contribution in [0.3, 0.4) is 0 Å². The van der Waals surface area contributed by atoms with E-state index in [1.54, 1.807) is 0 Å². The first-order valence-electron chi connectivity index (χ1n) is 4.70. The van der Waals surface area contributed by atoms with Crippen LogP contribution in [0.15, 0.2) is 42.6 Å². The summed E-state index contributed by atoms with van der Waals surface area (Å²) in [6.07, 6.45) is 4.50. The Hall–Kier alpha value is -1.50. The van der Waals surface area contributed by atoms with Crippen LogP contribution < -0.4 is 0 Å². The van der Waals surface area contributed by atoms with Gasteiger partial charge in [0.2, 0.25) is 0 Å². The number of hydrogen-bond donors (Lipinski definition) is 0. The van der Waals surface area contributed by atoms with Crippen molar-refractivity contribution in [2.75, 3.05) is 0 Å². The predicted molar refractivity (Wildman–Crippen MR) is 53.2 cm³/mol. The maximum atomic E-state index is 2.29. The number of benzene rings is 1. The fourth-order valence-corrected chi connectivity index (χ4v) is 2.08. The molecule has 2 heterocycles. The van der Waals surface area contributed by atoms with Crippen LogP contribution in [-0.4, -0.2) is 4.57 Å². The molecule has 1 heteroatoms. The second-order valence-corrected chi connectivity index (χ2v) is 3.50. The summed E-state index contributed by atoms with van der Waals surface area (Å²) < 4.78 is 2.29. The Morgan fingerprint density at radius 1 is 0.923 bits per heavy atom. The fourth-order valence-electron chi connectivity index (χ4n) is 2.08. The Labute approximate surface area is 77.6 Å². The number of para-hydroxylation sites is 1. The van der Waals surface area contributed by atoms with Gasteiger partial charge in [0.15, 0.2) is 0 Å². The zero-order chi connectivity index (χ0) is 8.67. The van der Waals surface area contributed by atoms with Crippen molar-refractivity contribution in [2.24, 2.45) is 0 Å². The summed E-state index contributed by atoms with van der Waals surface area (Å²) >= 11 is 0. The molecule has 0 spiro atoms. The van der Waals surface area contributed by atoms with E-state index in [1.165, 1.54) is 29.8 Å². The summed E-state index contributed by atoms with van der Waals surface area (Å²) in [6.45, 7) is 0. The molecule has 0 aliphatic carbocycles. The van der Waals surface area contributed by atoms with E-state index >= 15 is 0 Å². The Balaban J connectivity index is 2.30. The second-order valence-electron chi connectivity index (χ2n) is 3.50. The van der Waals surface area contributed by atoms with Crippen molar-refractivity contribution in [3.8, 4) is 5.69 Å². The molecule has 0 saturated carbocycles. The van der Waals surface area contributed by atoms with Gasteiger partial charge in [-0.2, -0.15) is 0 Å². The molecule has 3 rings (SSSR count). The third kappa shape index (κ3) is 0.934. The maximum Gasteiger partial charge on any atom is 0.0484 e. The minimum Gasteiger partial charge on any atom is -0.321 e. The molecule has 0 atom stereocenters. The molecule has 2 aromatic rings. The van der Waals surface area contributed by atoms with E-state index in [1.807, 2.05) is 0 Å². The number of aromatic nitrogens is 1. The van der Waals surface area contributed by atoms with E-state index in [-0.39, 0.29) is 0 Å². The van der Waals surface area contributed by atoms with Gasteiger partial charge in [-0.3, -0.25) is 0 Å². The van der Waals surface area contributed by atoms with E-state index in [2.05, 4.69) is 47.2 Å². The molecule has 1 aliphatic heterocycles. The summed E-state index contributed by atoms with van der Waals surface area (Å²) in [7, 11) is 0. The lowest BCUT2D eigenvalue weighted by atomic mass is 10.0. The number of hydrogen-bond acceptors (Lipinski definition) is 0. The third-order valence-electron chi connectivity index (χ3n) is 2.73. The van der Waals surface area contributed by atoms with E-state index in [9.17, 15) is 0 Å². The van der Waals surface area contributed by atoms with Crippen molar-refractivity contribution in [3.05, 3.63) is 53.9 Å². The highest BCUT2D eigenvalue weighted by molar-refractivity contribution is 5.45. The second kappa shape index (κ2) is 2.49. The van der Waals surface area contributed by atoms with E-state index in [0.29, 0.717) is 0 Å². The fraction of sp³-hybridized carbons (Fsp3) is 0.167. The van der Waals surface area contributed by atoms with E-state index in [4.69, 9.17) is 0 Å². The van der Waals surface area contributed by atoms with Gasteiger partial charge in [-0.15, -0.1) is 0 Å². The monoisotopic (exact) mass is 169 g/mol. The lowest BCUT2D eigenvalue weighted by Crippen LogP contribution is -2.09. The lowest BCUT2D eigenvalue weighted by Gasteiger charge is -2.18. The standard InChI is InChI=1S/C12H11N/c1-2-6-12-10(4-1)7-8-11-5-3-9-13(11)12/h1-6,9H,7-8H2. The van der Waals surface area contributed by atoms with Crippen LogP contribution in [0.4, 0.5) is 0 Å². The molecule has 1 aromatic carbocycles. The van der Waals surface area contributed by atoms with Gasteiger partial charge in [-0.1, -0.05) is 18.2 Å². The summed E-state index contributed by atoms with van der Waals surface area (Å²) in [5, 5.41) is 0. The molecule has 0 bridgehead atoms. The highest BCUT2D eigenvalue weighted by Gasteiger charge is 2.12. The van der Waals surface area contributed by atoms with E-state index < -0.39 is 0 Å². The van der Waals surface area contributed by atoms with Gasteiger partial charge in [0.1, 0.15) is 0 Å². The van der Waals surface area contributed by atoms with Crippen LogP contribution in [0, 0.1) is 0 Å². The molecule has 13 heavy (non-hydrogen) atoms. The molecular formula is C12H11N. The van der Waals surface area contributed by atoms with Crippen LogP contribution in [0.5, 0.6) is 0 Å². The minimum absolute atomic E-state index is 1.17. The van der Waals surface area contributed by atoms with Crippen molar-refractivity contribution in [3.63, 3.8) is 0 Å². The van der Waals surface area contributed by atoms with Gasteiger partial charge in [-0.25, -0.2) is 0 Å². The molecule has 0 unspecified atom stereocenters.